The van der Waals surface area contributed by atoms with Crippen LogP contribution >= 0.6 is 0 Å². The maximum absolute atomic E-state index is 13.3. The number of sulfonamides is 1. The highest BCUT2D eigenvalue weighted by atomic mass is 32.2. The Kier molecular flexibility index (Phi) is 7.67. The van der Waals surface area contributed by atoms with E-state index in [1.807, 2.05) is 6.07 Å². The average molecular weight is 470 g/mol. The normalized spacial score (nSPS) is 11.5. The van der Waals surface area contributed by atoms with Gasteiger partial charge in [-0.1, -0.05) is 24.3 Å². The highest BCUT2D eigenvalue weighted by Gasteiger charge is 2.26. The molecule has 0 saturated heterocycles. The third kappa shape index (κ3) is 6.09. The number of carbonyl (C=O) groups excluding carboxylic acids is 2. The molecule has 1 N–H and O–H groups in total. The topological polar surface area (TPSA) is 99.9 Å². The number of benzene rings is 2. The number of anilines is 1. The van der Waals surface area contributed by atoms with E-state index in [1.54, 1.807) is 50.2 Å². The number of para-hydroxylation sites is 1. The molecular formula is C24H27N3O5S. The molecule has 0 unspecified atom stereocenters. The van der Waals surface area contributed by atoms with Crippen molar-refractivity contribution in [3.8, 4) is 0 Å². The molecule has 3 rings (SSSR count). The molecule has 2 amide bonds. The van der Waals surface area contributed by atoms with Crippen molar-refractivity contribution >= 4 is 27.5 Å². The third-order valence-electron chi connectivity index (χ3n) is 5.09. The van der Waals surface area contributed by atoms with E-state index in [0.29, 0.717) is 11.4 Å². The van der Waals surface area contributed by atoms with E-state index in [4.69, 9.17) is 4.42 Å². The molecule has 1 aromatic heterocycles. The number of furan rings is 1. The second-order valence-electron chi connectivity index (χ2n) is 7.80. The summed E-state index contributed by atoms with van der Waals surface area (Å²) in [5.74, 6) is -0.373. The first-order valence-corrected chi connectivity index (χ1v) is 11.9. The smallest absolute Gasteiger partial charge is 0.254 e. The van der Waals surface area contributed by atoms with E-state index in [1.165, 1.54) is 46.8 Å². The van der Waals surface area contributed by atoms with Crippen molar-refractivity contribution in [2.75, 3.05) is 18.9 Å². The molecule has 0 saturated carbocycles. The summed E-state index contributed by atoms with van der Waals surface area (Å²) in [6, 6.07) is 17.9. The van der Waals surface area contributed by atoms with Gasteiger partial charge in [0.1, 0.15) is 12.3 Å². The Morgan fingerprint density at radius 2 is 1.73 bits per heavy atom. The van der Waals surface area contributed by atoms with Gasteiger partial charge in [0.2, 0.25) is 15.9 Å². The summed E-state index contributed by atoms with van der Waals surface area (Å²) in [7, 11) is -2.28. The van der Waals surface area contributed by atoms with Gasteiger partial charge in [0, 0.05) is 24.3 Å². The summed E-state index contributed by atoms with van der Waals surface area (Å²) in [5, 5.41) is 2.76. The van der Waals surface area contributed by atoms with Crippen molar-refractivity contribution in [2.24, 2.45) is 0 Å². The highest BCUT2D eigenvalue weighted by Crippen LogP contribution is 2.20. The first kappa shape index (κ1) is 24.2. The predicted molar refractivity (Wildman–Crippen MR) is 125 cm³/mol. The van der Waals surface area contributed by atoms with Gasteiger partial charge in [-0.2, -0.15) is 4.31 Å². The Balaban J connectivity index is 1.86. The summed E-state index contributed by atoms with van der Waals surface area (Å²) in [4.78, 5) is 27.3. The second kappa shape index (κ2) is 10.5. The van der Waals surface area contributed by atoms with Crippen LogP contribution in [0.25, 0.3) is 0 Å². The zero-order valence-corrected chi connectivity index (χ0v) is 19.6. The van der Waals surface area contributed by atoms with E-state index >= 15 is 0 Å². The molecule has 0 aliphatic rings. The zero-order chi connectivity index (χ0) is 24.0. The molecule has 0 aliphatic heterocycles. The van der Waals surface area contributed by atoms with E-state index < -0.39 is 15.9 Å². The lowest BCUT2D eigenvalue weighted by Crippen LogP contribution is -2.37. The van der Waals surface area contributed by atoms with E-state index in [2.05, 4.69) is 5.32 Å². The van der Waals surface area contributed by atoms with Crippen LogP contribution in [0.1, 0.15) is 30.0 Å². The van der Waals surface area contributed by atoms with Crippen LogP contribution < -0.4 is 5.32 Å². The zero-order valence-electron chi connectivity index (χ0n) is 18.8. The molecular weight excluding hydrogens is 442 g/mol. The van der Waals surface area contributed by atoms with Crippen LogP contribution in [0.2, 0.25) is 0 Å². The van der Waals surface area contributed by atoms with Crippen molar-refractivity contribution in [3.05, 3.63) is 84.3 Å². The number of amides is 2. The van der Waals surface area contributed by atoms with E-state index in [-0.39, 0.29) is 35.5 Å². The van der Waals surface area contributed by atoms with Gasteiger partial charge < -0.3 is 14.6 Å². The second-order valence-corrected chi connectivity index (χ2v) is 9.80. The van der Waals surface area contributed by atoms with Crippen molar-refractivity contribution < 1.29 is 22.4 Å². The fourth-order valence-corrected chi connectivity index (χ4v) is 4.52. The molecule has 0 spiro atoms. The molecule has 8 nitrogen and oxygen atoms in total. The molecule has 174 valence electrons. The lowest BCUT2D eigenvalue weighted by Gasteiger charge is -2.23. The fraction of sp³-hybridized carbons (Fsp3) is 0.250. The van der Waals surface area contributed by atoms with Crippen LogP contribution in [0.5, 0.6) is 0 Å². The minimum Gasteiger partial charge on any atom is -0.467 e. The third-order valence-corrected chi connectivity index (χ3v) is 7.12. The number of carbonyl (C=O) groups is 2. The van der Waals surface area contributed by atoms with Crippen LogP contribution in [0.15, 0.2) is 82.3 Å². The predicted octanol–water partition coefficient (Wildman–Crippen LogP) is 3.59. The molecule has 3 aromatic rings. The molecule has 0 radical (unpaired) electrons. The lowest BCUT2D eigenvalue weighted by atomic mass is 10.2. The van der Waals surface area contributed by atoms with Gasteiger partial charge in [0.15, 0.2) is 0 Å². The number of nitrogens with one attached hydrogen (secondary N) is 1. The molecule has 0 aliphatic carbocycles. The van der Waals surface area contributed by atoms with Gasteiger partial charge in [-0.3, -0.25) is 9.59 Å². The van der Waals surface area contributed by atoms with Gasteiger partial charge in [-0.25, -0.2) is 8.42 Å². The minimum atomic E-state index is -3.77. The number of hydrogen-bond donors (Lipinski definition) is 1. The SMILES string of the molecule is CC(C)N(C)S(=O)(=O)c1cccc(C(=O)N(CC(=O)Nc2ccccc2)Cc2ccco2)c1. The monoisotopic (exact) mass is 469 g/mol. The van der Waals surface area contributed by atoms with Crippen molar-refractivity contribution in [1.29, 1.82) is 0 Å². The maximum atomic E-state index is 13.3. The Hall–Kier alpha value is -3.43. The molecule has 0 atom stereocenters. The van der Waals surface area contributed by atoms with E-state index in [9.17, 15) is 18.0 Å². The summed E-state index contributed by atoms with van der Waals surface area (Å²) in [6.45, 7) is 3.35. The molecule has 0 fully saturated rings. The Morgan fingerprint density at radius 3 is 2.36 bits per heavy atom. The fourth-order valence-electron chi connectivity index (χ4n) is 3.10. The summed E-state index contributed by atoms with van der Waals surface area (Å²) in [6.07, 6.45) is 1.48. The summed E-state index contributed by atoms with van der Waals surface area (Å²) < 4.78 is 32.4. The largest absolute Gasteiger partial charge is 0.467 e. The molecule has 1 heterocycles. The molecule has 2 aromatic carbocycles. The van der Waals surface area contributed by atoms with E-state index in [0.717, 1.165) is 0 Å². The first-order valence-electron chi connectivity index (χ1n) is 10.4. The summed E-state index contributed by atoms with van der Waals surface area (Å²) >= 11 is 0. The highest BCUT2D eigenvalue weighted by molar-refractivity contribution is 7.89. The number of nitrogens with zero attached hydrogens (tertiary/aromatic N) is 2. The number of hydrogen-bond acceptors (Lipinski definition) is 5. The van der Waals surface area contributed by atoms with Crippen LogP contribution in [0.4, 0.5) is 5.69 Å². The van der Waals surface area contributed by atoms with Gasteiger partial charge in [-0.15, -0.1) is 0 Å². The van der Waals surface area contributed by atoms with Crippen molar-refractivity contribution in [3.63, 3.8) is 0 Å². The van der Waals surface area contributed by atoms with Gasteiger partial charge >= 0.3 is 0 Å². The van der Waals surface area contributed by atoms with Crippen LogP contribution in [0, 0.1) is 0 Å². The van der Waals surface area contributed by atoms with Gasteiger partial charge in [-0.05, 0) is 56.3 Å². The Bertz CT molecular complexity index is 1190. The Morgan fingerprint density at radius 1 is 1.00 bits per heavy atom. The standard InChI is InChI=1S/C24H27N3O5S/c1-18(2)26(3)33(30,31)22-13-7-9-19(15-22)24(29)27(16-21-12-8-14-32-21)17-23(28)25-20-10-5-4-6-11-20/h4-15,18H,16-17H2,1-3H3,(H,25,28). The molecule has 0 bridgehead atoms. The Labute approximate surface area is 193 Å². The van der Waals surface area contributed by atoms with Crippen molar-refractivity contribution in [1.82, 2.24) is 9.21 Å². The summed E-state index contributed by atoms with van der Waals surface area (Å²) in [5.41, 5.74) is 0.769. The van der Waals surface area contributed by atoms with Crippen LogP contribution in [0.3, 0.4) is 0 Å². The van der Waals surface area contributed by atoms with Crippen LogP contribution in [-0.4, -0.2) is 49.1 Å². The molecule has 9 heteroatoms. The van der Waals surface area contributed by atoms with Crippen molar-refractivity contribution in [2.45, 2.75) is 31.3 Å². The lowest BCUT2D eigenvalue weighted by molar-refractivity contribution is -0.117. The first-order chi connectivity index (χ1) is 15.7. The maximum Gasteiger partial charge on any atom is 0.254 e. The average Bonchev–Trinajstić information content (AvgIpc) is 3.31. The minimum absolute atomic E-state index is 0.0104. The van der Waals surface area contributed by atoms with Crippen LogP contribution in [-0.2, 0) is 21.4 Å². The number of rotatable bonds is 9. The van der Waals surface area contributed by atoms with Gasteiger partial charge in [0.25, 0.3) is 5.91 Å². The quantitative estimate of drug-likeness (QED) is 0.516. The molecule has 33 heavy (non-hydrogen) atoms. The van der Waals surface area contributed by atoms with Gasteiger partial charge in [0.05, 0.1) is 17.7 Å².